The van der Waals surface area contributed by atoms with Crippen molar-refractivity contribution in [2.24, 2.45) is 0 Å². The fraction of sp³-hybridized carbons (Fsp3) is 0.133. The summed E-state index contributed by atoms with van der Waals surface area (Å²) in [6.45, 7) is 1.88. The lowest BCUT2D eigenvalue weighted by Crippen LogP contribution is -2.12. The SMILES string of the molecule is Cc1ccccc1C(=O)CS(=O)c1ccccc1Br. The Balaban J connectivity index is 2.19. The third-order valence-electron chi connectivity index (χ3n) is 2.79. The fourth-order valence-corrected chi connectivity index (χ4v) is 3.68. The van der Waals surface area contributed by atoms with Crippen LogP contribution < -0.4 is 0 Å². The number of halogens is 1. The maximum Gasteiger partial charge on any atom is 0.175 e. The van der Waals surface area contributed by atoms with Gasteiger partial charge in [0.15, 0.2) is 5.78 Å². The van der Waals surface area contributed by atoms with Crippen LogP contribution in [-0.4, -0.2) is 15.7 Å². The smallest absolute Gasteiger partial charge is 0.175 e. The molecular weight excluding hydrogens is 324 g/mol. The zero-order chi connectivity index (χ0) is 13.8. The van der Waals surface area contributed by atoms with E-state index in [1.54, 1.807) is 12.1 Å². The van der Waals surface area contributed by atoms with Gasteiger partial charge in [0, 0.05) is 10.0 Å². The summed E-state index contributed by atoms with van der Waals surface area (Å²) in [6.07, 6.45) is 0. The highest BCUT2D eigenvalue weighted by atomic mass is 79.9. The third kappa shape index (κ3) is 3.39. The van der Waals surface area contributed by atoms with E-state index in [9.17, 15) is 9.00 Å². The van der Waals surface area contributed by atoms with E-state index in [-0.39, 0.29) is 11.5 Å². The maximum absolute atomic E-state index is 12.2. The van der Waals surface area contributed by atoms with Gasteiger partial charge in [0.05, 0.1) is 21.4 Å². The van der Waals surface area contributed by atoms with Crippen LogP contribution in [0.1, 0.15) is 15.9 Å². The number of carbonyl (C=O) groups is 1. The van der Waals surface area contributed by atoms with Crippen LogP contribution in [0.15, 0.2) is 57.9 Å². The van der Waals surface area contributed by atoms with Crippen LogP contribution in [0.3, 0.4) is 0 Å². The summed E-state index contributed by atoms with van der Waals surface area (Å²) in [5, 5.41) is 0. The average Bonchev–Trinajstić information content (AvgIpc) is 2.39. The first kappa shape index (κ1) is 14.2. The molecule has 98 valence electrons. The quantitative estimate of drug-likeness (QED) is 0.797. The fourth-order valence-electron chi connectivity index (χ4n) is 1.79. The second-order valence-electron chi connectivity index (χ2n) is 4.16. The van der Waals surface area contributed by atoms with Crippen molar-refractivity contribution in [3.05, 3.63) is 64.1 Å². The van der Waals surface area contributed by atoms with Crippen molar-refractivity contribution in [1.82, 2.24) is 0 Å². The lowest BCUT2D eigenvalue weighted by molar-refractivity contribution is 0.102. The molecule has 19 heavy (non-hydrogen) atoms. The lowest BCUT2D eigenvalue weighted by atomic mass is 10.1. The number of hydrogen-bond acceptors (Lipinski definition) is 2. The van der Waals surface area contributed by atoms with Crippen LogP contribution >= 0.6 is 15.9 Å². The summed E-state index contributed by atoms with van der Waals surface area (Å²) in [4.78, 5) is 12.8. The molecule has 0 N–H and O–H groups in total. The monoisotopic (exact) mass is 336 g/mol. The summed E-state index contributed by atoms with van der Waals surface area (Å²) in [7, 11) is -1.33. The standard InChI is InChI=1S/C15H13BrO2S/c1-11-6-2-3-7-12(11)14(17)10-19(18)15-9-5-4-8-13(15)16/h2-9H,10H2,1H3. The number of carbonyl (C=O) groups excluding carboxylic acids is 1. The highest BCUT2D eigenvalue weighted by molar-refractivity contribution is 9.10. The van der Waals surface area contributed by atoms with E-state index in [1.807, 2.05) is 43.3 Å². The predicted octanol–water partition coefficient (Wildman–Crippen LogP) is 3.75. The third-order valence-corrected chi connectivity index (χ3v) is 5.11. The van der Waals surface area contributed by atoms with E-state index in [4.69, 9.17) is 0 Å². The molecule has 0 amide bonds. The number of hydrogen-bond donors (Lipinski definition) is 0. The molecule has 0 spiro atoms. The van der Waals surface area contributed by atoms with Crippen molar-refractivity contribution < 1.29 is 9.00 Å². The molecule has 1 atom stereocenters. The Bertz CT molecular complexity index is 582. The molecule has 2 nitrogen and oxygen atoms in total. The summed E-state index contributed by atoms with van der Waals surface area (Å²) in [5.74, 6) is -0.0832. The van der Waals surface area contributed by atoms with Gasteiger partial charge >= 0.3 is 0 Å². The molecule has 0 aliphatic carbocycles. The van der Waals surface area contributed by atoms with Crippen LogP contribution in [0.5, 0.6) is 0 Å². The minimum Gasteiger partial charge on any atom is -0.293 e. The normalized spacial score (nSPS) is 12.1. The topological polar surface area (TPSA) is 34.1 Å². The molecule has 0 aliphatic rings. The van der Waals surface area contributed by atoms with Crippen molar-refractivity contribution in [3.8, 4) is 0 Å². The minimum absolute atomic E-state index is 0.00741. The Kier molecular flexibility index (Phi) is 4.66. The van der Waals surface area contributed by atoms with Gasteiger partial charge in [-0.05, 0) is 40.5 Å². The zero-order valence-corrected chi connectivity index (χ0v) is 12.8. The van der Waals surface area contributed by atoms with Gasteiger partial charge in [-0.1, -0.05) is 36.4 Å². The van der Waals surface area contributed by atoms with Crippen LogP contribution in [0, 0.1) is 6.92 Å². The lowest BCUT2D eigenvalue weighted by Gasteiger charge is -2.06. The largest absolute Gasteiger partial charge is 0.293 e. The summed E-state index contributed by atoms with van der Waals surface area (Å²) in [6, 6.07) is 14.6. The first-order chi connectivity index (χ1) is 9.09. The second kappa shape index (κ2) is 6.26. The maximum atomic E-state index is 12.2. The Morgan fingerprint density at radius 2 is 1.74 bits per heavy atom. The molecular formula is C15H13BrO2S. The average molecular weight is 337 g/mol. The molecule has 2 rings (SSSR count). The highest BCUT2D eigenvalue weighted by Crippen LogP contribution is 2.20. The summed E-state index contributed by atoms with van der Waals surface area (Å²) < 4.78 is 13.0. The zero-order valence-electron chi connectivity index (χ0n) is 10.4. The van der Waals surface area contributed by atoms with E-state index in [2.05, 4.69) is 15.9 Å². The number of rotatable bonds is 4. The molecule has 0 saturated heterocycles. The molecule has 0 heterocycles. The number of ketones is 1. The van der Waals surface area contributed by atoms with Crippen molar-refractivity contribution in [3.63, 3.8) is 0 Å². The van der Waals surface area contributed by atoms with Gasteiger partial charge in [-0.2, -0.15) is 0 Å². The summed E-state index contributed by atoms with van der Waals surface area (Å²) in [5.41, 5.74) is 1.56. The van der Waals surface area contributed by atoms with E-state index >= 15 is 0 Å². The Labute approximate surface area is 123 Å². The van der Waals surface area contributed by atoms with Crippen molar-refractivity contribution in [2.75, 3.05) is 5.75 Å². The van der Waals surface area contributed by atoms with Gasteiger partial charge in [-0.15, -0.1) is 0 Å². The molecule has 1 unspecified atom stereocenters. The molecule has 4 heteroatoms. The minimum atomic E-state index is -1.33. The van der Waals surface area contributed by atoms with E-state index in [0.29, 0.717) is 10.5 Å². The number of Topliss-reactive ketones (excluding diaryl/α,β-unsaturated/α-hetero) is 1. The van der Waals surface area contributed by atoms with Crippen molar-refractivity contribution in [1.29, 1.82) is 0 Å². The van der Waals surface area contributed by atoms with Gasteiger partial charge in [-0.3, -0.25) is 9.00 Å². The van der Waals surface area contributed by atoms with Gasteiger partial charge in [0.25, 0.3) is 0 Å². The number of aryl methyl sites for hydroxylation is 1. The van der Waals surface area contributed by atoms with Crippen LogP contribution in [-0.2, 0) is 10.8 Å². The van der Waals surface area contributed by atoms with E-state index < -0.39 is 10.8 Å². The molecule has 0 radical (unpaired) electrons. The molecule has 0 bridgehead atoms. The molecule has 0 aromatic heterocycles. The van der Waals surface area contributed by atoms with Crippen LogP contribution in [0.25, 0.3) is 0 Å². The van der Waals surface area contributed by atoms with Gasteiger partial charge < -0.3 is 0 Å². The molecule has 2 aromatic carbocycles. The molecule has 2 aromatic rings. The van der Waals surface area contributed by atoms with Crippen LogP contribution in [0.2, 0.25) is 0 Å². The Hall–Kier alpha value is -1.26. The molecule has 0 aliphatic heterocycles. The Morgan fingerprint density at radius 1 is 1.11 bits per heavy atom. The summed E-state index contributed by atoms with van der Waals surface area (Å²) >= 11 is 3.35. The van der Waals surface area contributed by atoms with Gasteiger partial charge in [0.1, 0.15) is 0 Å². The first-order valence-corrected chi connectivity index (χ1v) is 7.92. The predicted molar refractivity (Wildman–Crippen MR) is 80.9 cm³/mol. The highest BCUT2D eigenvalue weighted by Gasteiger charge is 2.15. The van der Waals surface area contributed by atoms with E-state index in [1.165, 1.54) is 0 Å². The number of benzene rings is 2. The second-order valence-corrected chi connectivity index (χ2v) is 6.43. The van der Waals surface area contributed by atoms with Crippen molar-refractivity contribution in [2.45, 2.75) is 11.8 Å². The van der Waals surface area contributed by atoms with Crippen molar-refractivity contribution >= 4 is 32.5 Å². The van der Waals surface area contributed by atoms with Gasteiger partial charge in [0.2, 0.25) is 0 Å². The van der Waals surface area contributed by atoms with Gasteiger partial charge in [-0.25, -0.2) is 0 Å². The Morgan fingerprint density at radius 3 is 2.42 bits per heavy atom. The van der Waals surface area contributed by atoms with E-state index in [0.717, 1.165) is 10.0 Å². The molecule has 0 saturated carbocycles. The molecule has 0 fully saturated rings. The first-order valence-electron chi connectivity index (χ1n) is 5.81. The van der Waals surface area contributed by atoms with Crippen LogP contribution in [0.4, 0.5) is 0 Å².